The van der Waals surface area contributed by atoms with Gasteiger partial charge in [0.1, 0.15) is 5.82 Å². The van der Waals surface area contributed by atoms with Crippen molar-refractivity contribution in [2.24, 2.45) is 0 Å². The molecule has 4 N–H and O–H groups in total. The molecule has 0 bridgehead atoms. The van der Waals surface area contributed by atoms with E-state index in [0.29, 0.717) is 12.1 Å². The molecule has 2 aromatic rings. The number of rotatable bonds is 6. The van der Waals surface area contributed by atoms with Crippen LogP contribution in [0.5, 0.6) is 0 Å². The molecule has 5 nitrogen and oxygen atoms in total. The average molecular weight is 294 g/mol. The molecular weight excluding hydrogens is 279 g/mol. The van der Waals surface area contributed by atoms with Crippen LogP contribution in [0, 0.1) is 5.82 Å². The Hall–Kier alpha value is -2.02. The maximum absolute atomic E-state index is 12.9. The first-order valence-electron chi connectivity index (χ1n) is 6.12. The van der Waals surface area contributed by atoms with Crippen molar-refractivity contribution >= 4 is 29.0 Å². The predicted molar refractivity (Wildman–Crippen MR) is 78.0 cm³/mol. The highest BCUT2D eigenvalue weighted by Gasteiger charge is 2.06. The SMILES string of the molecule is Nc1cc(F)ccc1NC(=O)CCCSc1ncc[nH]1. The third kappa shape index (κ3) is 4.27. The van der Waals surface area contributed by atoms with Crippen LogP contribution in [0.15, 0.2) is 35.7 Å². The number of anilines is 2. The number of amides is 1. The minimum Gasteiger partial charge on any atom is -0.397 e. The number of imidazole rings is 1. The number of aromatic nitrogens is 2. The lowest BCUT2D eigenvalue weighted by Crippen LogP contribution is -2.13. The largest absolute Gasteiger partial charge is 0.397 e. The number of nitrogens with one attached hydrogen (secondary N) is 2. The summed E-state index contributed by atoms with van der Waals surface area (Å²) in [4.78, 5) is 18.8. The van der Waals surface area contributed by atoms with E-state index in [1.807, 2.05) is 0 Å². The predicted octanol–water partition coefficient (Wildman–Crippen LogP) is 2.64. The van der Waals surface area contributed by atoms with E-state index in [0.717, 1.165) is 17.3 Å². The summed E-state index contributed by atoms with van der Waals surface area (Å²) >= 11 is 1.56. The highest BCUT2D eigenvalue weighted by atomic mass is 32.2. The summed E-state index contributed by atoms with van der Waals surface area (Å²) in [5.74, 6) is 0.235. The minimum atomic E-state index is -0.421. The summed E-state index contributed by atoms with van der Waals surface area (Å²) in [6.45, 7) is 0. The van der Waals surface area contributed by atoms with Gasteiger partial charge in [0.05, 0.1) is 11.4 Å². The molecule has 1 heterocycles. The molecule has 0 fully saturated rings. The molecule has 0 aliphatic carbocycles. The summed E-state index contributed by atoms with van der Waals surface area (Å²) in [7, 11) is 0. The van der Waals surface area contributed by atoms with Crippen molar-refractivity contribution in [3.8, 4) is 0 Å². The quantitative estimate of drug-likeness (QED) is 0.434. The number of nitrogen functional groups attached to an aromatic ring is 1. The van der Waals surface area contributed by atoms with E-state index >= 15 is 0 Å². The molecule has 2 rings (SSSR count). The molecule has 0 aliphatic rings. The molecule has 0 saturated heterocycles. The van der Waals surface area contributed by atoms with Gasteiger partial charge < -0.3 is 16.0 Å². The van der Waals surface area contributed by atoms with Crippen molar-refractivity contribution in [1.29, 1.82) is 0 Å². The van der Waals surface area contributed by atoms with E-state index in [4.69, 9.17) is 5.73 Å². The van der Waals surface area contributed by atoms with Crippen LogP contribution in [0.4, 0.5) is 15.8 Å². The minimum absolute atomic E-state index is 0.136. The third-order valence-electron chi connectivity index (χ3n) is 2.55. The van der Waals surface area contributed by atoms with Gasteiger partial charge in [0, 0.05) is 24.6 Å². The highest BCUT2D eigenvalue weighted by molar-refractivity contribution is 7.99. The highest BCUT2D eigenvalue weighted by Crippen LogP contribution is 2.20. The molecule has 1 aromatic heterocycles. The fraction of sp³-hybridized carbons (Fsp3) is 0.231. The molecule has 7 heteroatoms. The Labute approximate surface area is 120 Å². The fourth-order valence-electron chi connectivity index (χ4n) is 1.59. The average Bonchev–Trinajstić information content (AvgIpc) is 2.91. The molecule has 0 radical (unpaired) electrons. The van der Waals surface area contributed by atoms with Crippen LogP contribution >= 0.6 is 11.8 Å². The van der Waals surface area contributed by atoms with Gasteiger partial charge in [-0.3, -0.25) is 4.79 Å². The lowest BCUT2D eigenvalue weighted by Gasteiger charge is -2.07. The van der Waals surface area contributed by atoms with Gasteiger partial charge in [-0.2, -0.15) is 0 Å². The Bertz CT molecular complexity index is 574. The van der Waals surface area contributed by atoms with E-state index in [-0.39, 0.29) is 11.6 Å². The van der Waals surface area contributed by atoms with Crippen LogP contribution in [0.25, 0.3) is 0 Å². The van der Waals surface area contributed by atoms with E-state index in [2.05, 4.69) is 15.3 Å². The first kappa shape index (κ1) is 14.4. The molecule has 106 valence electrons. The van der Waals surface area contributed by atoms with Crippen LogP contribution in [0.3, 0.4) is 0 Å². The topological polar surface area (TPSA) is 83.8 Å². The molecule has 0 atom stereocenters. The molecule has 0 unspecified atom stereocenters. The van der Waals surface area contributed by atoms with E-state index in [1.54, 1.807) is 24.2 Å². The number of nitrogens with zero attached hydrogens (tertiary/aromatic N) is 1. The lowest BCUT2D eigenvalue weighted by atomic mass is 10.2. The van der Waals surface area contributed by atoms with Crippen molar-refractivity contribution < 1.29 is 9.18 Å². The normalized spacial score (nSPS) is 10.4. The van der Waals surface area contributed by atoms with Crippen molar-refractivity contribution in [1.82, 2.24) is 9.97 Å². The molecule has 0 aliphatic heterocycles. The molecule has 0 spiro atoms. The second-order valence-electron chi connectivity index (χ2n) is 4.13. The first-order valence-corrected chi connectivity index (χ1v) is 7.11. The van der Waals surface area contributed by atoms with Crippen molar-refractivity contribution in [2.75, 3.05) is 16.8 Å². The van der Waals surface area contributed by atoms with Crippen LogP contribution in [-0.4, -0.2) is 21.6 Å². The Morgan fingerprint density at radius 1 is 1.50 bits per heavy atom. The molecule has 1 amide bonds. The summed E-state index contributed by atoms with van der Waals surface area (Å²) in [6, 6.07) is 3.90. The number of carbonyl (C=O) groups excluding carboxylic acids is 1. The van der Waals surface area contributed by atoms with Crippen molar-refractivity contribution in [3.05, 3.63) is 36.4 Å². The van der Waals surface area contributed by atoms with Gasteiger partial charge in [-0.1, -0.05) is 11.8 Å². The second kappa shape index (κ2) is 6.95. The Balaban J connectivity index is 1.72. The van der Waals surface area contributed by atoms with Crippen molar-refractivity contribution in [3.63, 3.8) is 0 Å². The number of thioether (sulfide) groups is 1. The van der Waals surface area contributed by atoms with Gasteiger partial charge in [-0.05, 0) is 24.6 Å². The van der Waals surface area contributed by atoms with Crippen LogP contribution in [0.2, 0.25) is 0 Å². The molecule has 20 heavy (non-hydrogen) atoms. The summed E-state index contributed by atoms with van der Waals surface area (Å²) in [5, 5.41) is 3.51. The van der Waals surface area contributed by atoms with Crippen LogP contribution in [-0.2, 0) is 4.79 Å². The zero-order valence-corrected chi connectivity index (χ0v) is 11.5. The van der Waals surface area contributed by atoms with Gasteiger partial charge in [0.15, 0.2) is 5.16 Å². The zero-order valence-electron chi connectivity index (χ0n) is 10.7. The number of hydrogen-bond donors (Lipinski definition) is 3. The van der Waals surface area contributed by atoms with E-state index in [1.165, 1.54) is 18.2 Å². The van der Waals surface area contributed by atoms with Gasteiger partial charge in [-0.15, -0.1) is 0 Å². The standard InChI is InChI=1S/C13H15FN4OS/c14-9-3-4-11(10(15)8-9)18-12(19)2-1-7-20-13-16-5-6-17-13/h3-6,8H,1-2,7,15H2,(H,16,17)(H,18,19). The Morgan fingerprint density at radius 3 is 3.05 bits per heavy atom. The van der Waals surface area contributed by atoms with E-state index < -0.39 is 5.82 Å². The lowest BCUT2D eigenvalue weighted by molar-refractivity contribution is -0.116. The number of hydrogen-bond acceptors (Lipinski definition) is 4. The maximum Gasteiger partial charge on any atom is 0.224 e. The second-order valence-corrected chi connectivity index (χ2v) is 5.21. The summed E-state index contributed by atoms with van der Waals surface area (Å²) in [5.41, 5.74) is 6.28. The zero-order chi connectivity index (χ0) is 14.4. The van der Waals surface area contributed by atoms with Gasteiger partial charge >= 0.3 is 0 Å². The summed E-state index contributed by atoms with van der Waals surface area (Å²) < 4.78 is 12.9. The third-order valence-corrected chi connectivity index (χ3v) is 3.54. The molecule has 1 aromatic carbocycles. The Morgan fingerprint density at radius 2 is 2.35 bits per heavy atom. The van der Waals surface area contributed by atoms with Gasteiger partial charge in [0.2, 0.25) is 5.91 Å². The number of benzene rings is 1. The van der Waals surface area contributed by atoms with Gasteiger partial charge in [0.25, 0.3) is 0 Å². The van der Waals surface area contributed by atoms with Crippen molar-refractivity contribution in [2.45, 2.75) is 18.0 Å². The maximum atomic E-state index is 12.9. The van der Waals surface area contributed by atoms with Crippen LogP contribution < -0.4 is 11.1 Å². The summed E-state index contributed by atoms with van der Waals surface area (Å²) in [6.07, 6.45) is 4.54. The number of halogens is 1. The molecule has 0 saturated carbocycles. The van der Waals surface area contributed by atoms with Crippen LogP contribution in [0.1, 0.15) is 12.8 Å². The smallest absolute Gasteiger partial charge is 0.224 e. The number of carbonyl (C=O) groups is 1. The monoisotopic (exact) mass is 294 g/mol. The number of H-pyrrole nitrogens is 1. The van der Waals surface area contributed by atoms with Gasteiger partial charge in [-0.25, -0.2) is 9.37 Å². The number of aromatic amines is 1. The number of nitrogens with two attached hydrogens (primary N) is 1. The Kier molecular flexibility index (Phi) is 5.00. The molecular formula is C13H15FN4OS. The fourth-order valence-corrected chi connectivity index (χ4v) is 2.36. The first-order chi connectivity index (χ1) is 9.65. The van der Waals surface area contributed by atoms with E-state index in [9.17, 15) is 9.18 Å².